The van der Waals surface area contributed by atoms with Gasteiger partial charge in [-0.1, -0.05) is 18.9 Å². The Morgan fingerprint density at radius 2 is 1.82 bits per heavy atom. The van der Waals surface area contributed by atoms with Crippen LogP contribution in [0.2, 0.25) is 0 Å². The highest BCUT2D eigenvalue weighted by molar-refractivity contribution is 5.85. The van der Waals surface area contributed by atoms with E-state index < -0.39 is 5.82 Å². The summed E-state index contributed by atoms with van der Waals surface area (Å²) in [6.07, 6.45) is 3.30. The van der Waals surface area contributed by atoms with Crippen LogP contribution >= 0.6 is 24.8 Å². The second kappa shape index (κ2) is 8.44. The molecule has 2 nitrogen and oxygen atoms in total. The van der Waals surface area contributed by atoms with Crippen LogP contribution in [0.5, 0.6) is 0 Å². The Bertz CT molecular complexity index is 489. The topological polar surface area (TPSA) is 15.3 Å². The summed E-state index contributed by atoms with van der Waals surface area (Å²) in [4.78, 5) is 2.25. The highest BCUT2D eigenvalue weighted by Gasteiger charge is 2.33. The molecule has 1 saturated carbocycles. The van der Waals surface area contributed by atoms with Gasteiger partial charge in [0.05, 0.1) is 0 Å². The van der Waals surface area contributed by atoms with E-state index in [1.165, 1.54) is 25.0 Å². The van der Waals surface area contributed by atoms with Gasteiger partial charge in [-0.2, -0.15) is 0 Å². The molecule has 2 fully saturated rings. The maximum Gasteiger partial charge on any atom is 0.133 e. The van der Waals surface area contributed by atoms with E-state index in [2.05, 4.69) is 10.2 Å². The summed E-state index contributed by atoms with van der Waals surface area (Å²) < 4.78 is 28.7. The molecule has 0 bridgehead atoms. The van der Waals surface area contributed by atoms with Crippen LogP contribution in [-0.2, 0) is 0 Å². The summed E-state index contributed by atoms with van der Waals surface area (Å²) in [6.45, 7) is 5.24. The molecule has 6 heteroatoms. The molecule has 1 aliphatic carbocycles. The predicted octanol–water partition coefficient (Wildman–Crippen LogP) is 3.86. The number of hydrogen-bond acceptors (Lipinski definition) is 2. The lowest BCUT2D eigenvalue weighted by molar-refractivity contribution is 0.154. The van der Waals surface area contributed by atoms with E-state index in [0.717, 1.165) is 32.6 Å². The first-order valence-electron chi connectivity index (χ1n) is 7.56. The molecule has 126 valence electrons. The zero-order valence-corrected chi connectivity index (χ0v) is 14.4. The van der Waals surface area contributed by atoms with E-state index in [9.17, 15) is 8.78 Å². The molecule has 0 aromatic heterocycles. The Balaban J connectivity index is 0.00000121. The van der Waals surface area contributed by atoms with Gasteiger partial charge in [-0.3, -0.25) is 4.90 Å². The van der Waals surface area contributed by atoms with Gasteiger partial charge < -0.3 is 5.32 Å². The lowest BCUT2D eigenvalue weighted by Gasteiger charge is -2.35. The van der Waals surface area contributed by atoms with Crippen LogP contribution < -0.4 is 5.32 Å². The molecule has 1 saturated heterocycles. The highest BCUT2D eigenvalue weighted by Crippen LogP contribution is 2.41. The Morgan fingerprint density at radius 1 is 1.18 bits per heavy atom. The molecule has 3 rings (SSSR count). The molecule has 1 aromatic rings. The fourth-order valence-electron chi connectivity index (χ4n) is 3.10. The van der Waals surface area contributed by atoms with Gasteiger partial charge in [-0.25, -0.2) is 8.78 Å². The minimum Gasteiger partial charge on any atom is -0.314 e. The minimum absolute atomic E-state index is 0. The Hall–Kier alpha value is -0.420. The highest BCUT2D eigenvalue weighted by atomic mass is 35.5. The Labute approximate surface area is 143 Å². The maximum atomic E-state index is 14.5. The number of hydrogen-bond donors (Lipinski definition) is 1. The van der Waals surface area contributed by atoms with Crippen molar-refractivity contribution in [3.8, 4) is 0 Å². The zero-order chi connectivity index (χ0) is 14.1. The summed E-state index contributed by atoms with van der Waals surface area (Å²) in [5.74, 6) is -0.0966. The van der Waals surface area contributed by atoms with Crippen molar-refractivity contribution < 1.29 is 8.78 Å². The molecule has 1 aromatic carbocycles. The number of nitrogens with one attached hydrogen (secondary N) is 1. The van der Waals surface area contributed by atoms with Gasteiger partial charge >= 0.3 is 0 Å². The third kappa shape index (κ3) is 4.31. The quantitative estimate of drug-likeness (QED) is 0.884. The molecule has 1 N–H and O–H groups in total. The van der Waals surface area contributed by atoms with E-state index in [0.29, 0.717) is 17.0 Å². The molecule has 1 atom stereocenters. The number of aryl methyl sites for hydroxylation is 1. The van der Waals surface area contributed by atoms with Gasteiger partial charge in [-0.15, -0.1) is 24.8 Å². The molecule has 0 spiro atoms. The lowest BCUT2D eigenvalue weighted by atomic mass is 9.96. The molecule has 22 heavy (non-hydrogen) atoms. The SMILES string of the molecule is Cc1ccc(F)c([C@H](CC2CC2)N2CCNCC2)c1F.Cl.Cl. The van der Waals surface area contributed by atoms with E-state index in [1.54, 1.807) is 6.92 Å². The fourth-order valence-corrected chi connectivity index (χ4v) is 3.10. The van der Waals surface area contributed by atoms with Crippen LogP contribution in [0.4, 0.5) is 8.78 Å². The lowest BCUT2D eigenvalue weighted by Crippen LogP contribution is -2.45. The van der Waals surface area contributed by atoms with E-state index in [1.807, 2.05) is 0 Å². The zero-order valence-electron chi connectivity index (χ0n) is 12.8. The molecule has 0 unspecified atom stereocenters. The third-order valence-corrected chi connectivity index (χ3v) is 4.50. The Morgan fingerprint density at radius 3 is 2.41 bits per heavy atom. The first-order chi connectivity index (χ1) is 9.66. The predicted molar refractivity (Wildman–Crippen MR) is 90.1 cm³/mol. The van der Waals surface area contributed by atoms with Gasteiger partial charge in [0, 0.05) is 37.8 Å². The first-order valence-corrected chi connectivity index (χ1v) is 7.56. The molecule has 0 amide bonds. The van der Waals surface area contributed by atoms with Gasteiger partial charge in [0.1, 0.15) is 11.6 Å². The van der Waals surface area contributed by atoms with Gasteiger partial charge in [0.15, 0.2) is 0 Å². The fraction of sp³-hybridized carbons (Fsp3) is 0.625. The second-order valence-corrected chi connectivity index (χ2v) is 6.07. The molecule has 1 aliphatic heterocycles. The largest absolute Gasteiger partial charge is 0.314 e. The van der Waals surface area contributed by atoms with Crippen molar-refractivity contribution in [1.82, 2.24) is 10.2 Å². The molecular formula is C16H24Cl2F2N2. The van der Waals surface area contributed by atoms with Crippen LogP contribution in [0.25, 0.3) is 0 Å². The molecular weight excluding hydrogens is 329 g/mol. The molecule has 1 heterocycles. The number of benzene rings is 1. The van der Waals surface area contributed by atoms with Crippen molar-refractivity contribution in [3.63, 3.8) is 0 Å². The maximum absolute atomic E-state index is 14.5. The van der Waals surface area contributed by atoms with Crippen molar-refractivity contribution >= 4 is 24.8 Å². The number of halogens is 4. The van der Waals surface area contributed by atoms with Crippen molar-refractivity contribution in [2.75, 3.05) is 26.2 Å². The van der Waals surface area contributed by atoms with Gasteiger partial charge in [-0.05, 0) is 30.9 Å². The monoisotopic (exact) mass is 352 g/mol. The summed E-state index contributed by atoms with van der Waals surface area (Å²) in [6, 6.07) is 2.83. The average molecular weight is 353 g/mol. The number of rotatable bonds is 4. The number of nitrogens with zero attached hydrogens (tertiary/aromatic N) is 1. The Kier molecular flexibility index (Phi) is 7.53. The van der Waals surface area contributed by atoms with Gasteiger partial charge in [0.25, 0.3) is 0 Å². The van der Waals surface area contributed by atoms with Crippen molar-refractivity contribution in [2.24, 2.45) is 5.92 Å². The summed E-state index contributed by atoms with van der Waals surface area (Å²) in [5.41, 5.74) is 0.830. The first kappa shape index (κ1) is 19.6. The minimum atomic E-state index is -0.391. The summed E-state index contributed by atoms with van der Waals surface area (Å²) >= 11 is 0. The van der Waals surface area contributed by atoms with Crippen LogP contribution in [0.15, 0.2) is 12.1 Å². The number of piperazine rings is 1. The third-order valence-electron chi connectivity index (χ3n) is 4.50. The van der Waals surface area contributed by atoms with E-state index >= 15 is 0 Å². The van der Waals surface area contributed by atoms with Crippen LogP contribution in [0, 0.1) is 24.5 Å². The normalized spacial score (nSPS) is 20.0. The standard InChI is InChI=1S/C16H22F2N2.2ClH/c1-11-2-5-13(17)15(16(11)18)14(10-12-3-4-12)20-8-6-19-7-9-20;;/h2,5,12,14,19H,3-4,6-10H2,1H3;2*1H/t14-;;/m0../s1. The summed E-state index contributed by atoms with van der Waals surface area (Å²) in [5, 5.41) is 3.30. The summed E-state index contributed by atoms with van der Waals surface area (Å²) in [7, 11) is 0. The smallest absolute Gasteiger partial charge is 0.133 e. The van der Waals surface area contributed by atoms with Crippen molar-refractivity contribution in [3.05, 3.63) is 34.9 Å². The van der Waals surface area contributed by atoms with E-state index in [4.69, 9.17) is 0 Å². The average Bonchev–Trinajstić information content (AvgIpc) is 3.27. The molecule has 0 radical (unpaired) electrons. The second-order valence-electron chi connectivity index (χ2n) is 6.07. The molecule has 2 aliphatic rings. The van der Waals surface area contributed by atoms with Crippen LogP contribution in [0.1, 0.15) is 36.4 Å². The van der Waals surface area contributed by atoms with E-state index in [-0.39, 0.29) is 36.7 Å². The van der Waals surface area contributed by atoms with Crippen LogP contribution in [0.3, 0.4) is 0 Å². The van der Waals surface area contributed by atoms with Crippen LogP contribution in [-0.4, -0.2) is 31.1 Å². The van der Waals surface area contributed by atoms with Crippen molar-refractivity contribution in [1.29, 1.82) is 0 Å². The van der Waals surface area contributed by atoms with Gasteiger partial charge in [0.2, 0.25) is 0 Å². The van der Waals surface area contributed by atoms with Crippen molar-refractivity contribution in [2.45, 2.75) is 32.2 Å².